The molecule has 3 heterocycles. The molecule has 0 fully saturated rings. The molecule has 0 radical (unpaired) electrons. The van der Waals surface area contributed by atoms with Crippen molar-refractivity contribution in [3.63, 3.8) is 0 Å². The van der Waals surface area contributed by atoms with Crippen LogP contribution in [0.15, 0.2) is 65.8 Å². The van der Waals surface area contributed by atoms with Gasteiger partial charge in [0, 0.05) is 18.1 Å². The Hall–Kier alpha value is -3.17. The Morgan fingerprint density at radius 1 is 1.30 bits per heavy atom. The highest BCUT2D eigenvalue weighted by molar-refractivity contribution is 8.01. The Kier molecular flexibility index (Phi) is 6.10. The van der Waals surface area contributed by atoms with Crippen LogP contribution in [0.1, 0.15) is 21.6 Å². The summed E-state index contributed by atoms with van der Waals surface area (Å²) in [4.78, 5) is 17.4. The third-order valence-electron chi connectivity index (χ3n) is 4.19. The van der Waals surface area contributed by atoms with Crippen molar-refractivity contribution in [2.45, 2.75) is 17.9 Å². The number of nitrogens with one attached hydrogen (secondary N) is 1. The zero-order valence-corrected chi connectivity index (χ0v) is 17.9. The van der Waals surface area contributed by atoms with Gasteiger partial charge in [0.25, 0.3) is 5.91 Å². The van der Waals surface area contributed by atoms with E-state index >= 15 is 0 Å². The molecule has 0 unspecified atom stereocenters. The molecule has 152 valence electrons. The predicted octanol–water partition coefficient (Wildman–Crippen LogP) is 4.60. The summed E-state index contributed by atoms with van der Waals surface area (Å²) >= 11 is 2.84. The highest BCUT2D eigenvalue weighted by Crippen LogP contribution is 2.27. The van der Waals surface area contributed by atoms with E-state index in [4.69, 9.17) is 4.74 Å². The number of pyridine rings is 1. The van der Waals surface area contributed by atoms with Crippen molar-refractivity contribution in [1.29, 1.82) is 0 Å². The fraction of sp³-hybridized carbons (Fsp3) is 0.143. The molecule has 9 heteroatoms. The molecular weight excluding hydrogens is 418 g/mol. The molecule has 0 atom stereocenters. The van der Waals surface area contributed by atoms with E-state index in [1.165, 1.54) is 23.1 Å². The van der Waals surface area contributed by atoms with Gasteiger partial charge in [-0.3, -0.25) is 10.1 Å². The Bertz CT molecular complexity index is 1200. The van der Waals surface area contributed by atoms with Crippen molar-refractivity contribution >= 4 is 39.8 Å². The van der Waals surface area contributed by atoms with Crippen molar-refractivity contribution in [2.24, 2.45) is 0 Å². The van der Waals surface area contributed by atoms with E-state index in [2.05, 4.69) is 27.1 Å². The number of aromatic nitrogens is 4. The van der Waals surface area contributed by atoms with Crippen molar-refractivity contribution < 1.29 is 9.53 Å². The summed E-state index contributed by atoms with van der Waals surface area (Å²) in [6.45, 7) is 5.95. The second-order valence-corrected chi connectivity index (χ2v) is 8.61. The summed E-state index contributed by atoms with van der Waals surface area (Å²) in [5.41, 5.74) is 3.19. The molecule has 1 amide bonds. The van der Waals surface area contributed by atoms with Crippen molar-refractivity contribution in [3.05, 3.63) is 78.3 Å². The molecule has 4 rings (SSSR count). The fourth-order valence-corrected chi connectivity index (χ4v) is 4.33. The van der Waals surface area contributed by atoms with E-state index in [-0.39, 0.29) is 12.5 Å². The van der Waals surface area contributed by atoms with Crippen LogP contribution >= 0.6 is 23.1 Å². The van der Waals surface area contributed by atoms with Crippen molar-refractivity contribution in [1.82, 2.24) is 19.6 Å². The molecule has 1 aromatic carbocycles. The molecule has 0 saturated heterocycles. The molecule has 0 spiro atoms. The average molecular weight is 438 g/mol. The Balaban J connectivity index is 1.46. The number of anilines is 1. The number of carbonyl (C=O) groups is 1. The van der Waals surface area contributed by atoms with E-state index in [0.29, 0.717) is 16.4 Å². The number of hydrogen-bond donors (Lipinski definition) is 1. The number of thioether (sulfide) groups is 1. The molecule has 7 nitrogen and oxygen atoms in total. The second-order valence-electron chi connectivity index (χ2n) is 6.37. The van der Waals surface area contributed by atoms with Crippen LogP contribution in [0.5, 0.6) is 5.75 Å². The maximum atomic E-state index is 12.8. The molecule has 0 aliphatic rings. The zero-order chi connectivity index (χ0) is 20.9. The molecule has 1 N–H and O–H groups in total. The van der Waals surface area contributed by atoms with E-state index in [1.807, 2.05) is 41.9 Å². The molecule has 3 aromatic heterocycles. The number of aryl methyl sites for hydroxylation is 1. The Morgan fingerprint density at radius 2 is 2.17 bits per heavy atom. The lowest BCUT2D eigenvalue weighted by atomic mass is 10.2. The number of hydrogen-bond acceptors (Lipinski definition) is 7. The van der Waals surface area contributed by atoms with Crippen LogP contribution in [0, 0.1) is 6.92 Å². The number of imidazole rings is 1. The second kappa shape index (κ2) is 9.10. The minimum atomic E-state index is -0.298. The summed E-state index contributed by atoms with van der Waals surface area (Å²) < 4.78 is 8.66. The number of para-hydroxylation sites is 1. The molecule has 30 heavy (non-hydrogen) atoms. The zero-order valence-electron chi connectivity index (χ0n) is 16.2. The summed E-state index contributed by atoms with van der Waals surface area (Å²) in [6.07, 6.45) is 5.67. The largest absolute Gasteiger partial charge is 0.486 e. The van der Waals surface area contributed by atoms with Gasteiger partial charge < -0.3 is 9.14 Å². The quantitative estimate of drug-likeness (QED) is 0.246. The summed E-state index contributed by atoms with van der Waals surface area (Å²) in [7, 11) is 0. The van der Waals surface area contributed by atoms with E-state index < -0.39 is 0 Å². The highest BCUT2D eigenvalue weighted by atomic mass is 32.2. The van der Waals surface area contributed by atoms with Crippen LogP contribution in [-0.4, -0.2) is 31.2 Å². The number of nitrogens with zero attached hydrogens (tertiary/aromatic N) is 4. The van der Waals surface area contributed by atoms with Crippen molar-refractivity contribution in [2.75, 3.05) is 11.1 Å². The number of benzene rings is 1. The van der Waals surface area contributed by atoms with Gasteiger partial charge in [-0.2, -0.15) is 0 Å². The van der Waals surface area contributed by atoms with E-state index in [0.717, 1.165) is 27.0 Å². The predicted molar refractivity (Wildman–Crippen MR) is 119 cm³/mol. The van der Waals surface area contributed by atoms with Crippen molar-refractivity contribution in [3.8, 4) is 5.75 Å². The standard InChI is InChI=1S/C21H19N5O2S2/c1-3-11-29-21-25-24-20(30-21)23-19(27)16-8-4-5-9-17(16)28-13-15-12-26-10-6-7-14(2)18(26)22-15/h3-10,12H,1,11,13H2,2H3,(H,23,24,27). The molecule has 0 aliphatic carbocycles. The van der Waals surface area contributed by atoms with Gasteiger partial charge in [-0.1, -0.05) is 47.4 Å². The number of rotatable bonds is 8. The van der Waals surface area contributed by atoms with Crippen LogP contribution in [0.3, 0.4) is 0 Å². The number of amides is 1. The van der Waals surface area contributed by atoms with E-state index in [9.17, 15) is 4.79 Å². The maximum Gasteiger partial charge on any atom is 0.261 e. The smallest absolute Gasteiger partial charge is 0.261 e. The SMILES string of the molecule is C=CCSc1nnc(NC(=O)c2ccccc2OCc2cn3cccc(C)c3n2)s1. The fourth-order valence-electron chi connectivity index (χ4n) is 2.82. The molecule has 0 aliphatic heterocycles. The summed E-state index contributed by atoms with van der Waals surface area (Å²) in [5, 5.41) is 11.3. The number of carbonyl (C=O) groups excluding carboxylic acids is 1. The normalized spacial score (nSPS) is 10.8. The third-order valence-corrected chi connectivity index (χ3v) is 6.15. The third kappa shape index (κ3) is 4.52. The van der Waals surface area contributed by atoms with Crippen LogP contribution in [0.2, 0.25) is 0 Å². The molecule has 4 aromatic rings. The van der Waals surface area contributed by atoms with Crippen LogP contribution in [-0.2, 0) is 6.61 Å². The lowest BCUT2D eigenvalue weighted by Crippen LogP contribution is -2.13. The van der Waals surface area contributed by atoms with E-state index in [1.54, 1.807) is 24.3 Å². The lowest BCUT2D eigenvalue weighted by Gasteiger charge is -2.09. The van der Waals surface area contributed by atoms with Gasteiger partial charge in [0.05, 0.1) is 11.3 Å². The first-order chi connectivity index (χ1) is 14.6. The number of ether oxygens (including phenoxy) is 1. The first-order valence-electron chi connectivity index (χ1n) is 9.17. The summed E-state index contributed by atoms with van der Waals surface area (Å²) in [5.74, 6) is 0.921. The Labute approximate surface area is 181 Å². The van der Waals surface area contributed by atoms with Gasteiger partial charge in [0.2, 0.25) is 5.13 Å². The summed E-state index contributed by atoms with van der Waals surface area (Å²) in [6, 6.07) is 11.1. The van der Waals surface area contributed by atoms with Gasteiger partial charge in [-0.25, -0.2) is 4.98 Å². The minimum absolute atomic E-state index is 0.257. The Morgan fingerprint density at radius 3 is 3.00 bits per heavy atom. The van der Waals surface area contributed by atoms with Crippen LogP contribution in [0.25, 0.3) is 5.65 Å². The van der Waals surface area contributed by atoms with Crippen LogP contribution < -0.4 is 10.1 Å². The maximum absolute atomic E-state index is 12.8. The van der Waals surface area contributed by atoms with Gasteiger partial charge in [-0.15, -0.1) is 16.8 Å². The minimum Gasteiger partial charge on any atom is -0.486 e. The molecule has 0 bridgehead atoms. The van der Waals surface area contributed by atoms with Crippen LogP contribution in [0.4, 0.5) is 5.13 Å². The first kappa shape index (κ1) is 20.1. The molecular formula is C21H19N5O2S2. The van der Waals surface area contributed by atoms with Gasteiger partial charge in [0.15, 0.2) is 4.34 Å². The van der Waals surface area contributed by atoms with Gasteiger partial charge in [-0.05, 0) is 30.7 Å². The highest BCUT2D eigenvalue weighted by Gasteiger charge is 2.15. The van der Waals surface area contributed by atoms with Gasteiger partial charge >= 0.3 is 0 Å². The molecule has 0 saturated carbocycles. The first-order valence-corrected chi connectivity index (χ1v) is 11.0. The average Bonchev–Trinajstić information content (AvgIpc) is 3.38. The topological polar surface area (TPSA) is 81.4 Å². The number of fused-ring (bicyclic) bond motifs is 1. The lowest BCUT2D eigenvalue weighted by molar-refractivity contribution is 0.102. The monoisotopic (exact) mass is 437 g/mol. The van der Waals surface area contributed by atoms with Gasteiger partial charge in [0.1, 0.15) is 18.0 Å².